The molecular weight excluding hydrogens is 552 g/mol. The lowest BCUT2D eigenvalue weighted by molar-refractivity contribution is 0.615. The Labute approximate surface area is 262 Å². The summed E-state index contributed by atoms with van der Waals surface area (Å²) in [6.07, 6.45) is 3.60. The van der Waals surface area contributed by atoms with Crippen LogP contribution in [0.1, 0.15) is 50.7 Å². The van der Waals surface area contributed by atoms with E-state index in [4.69, 9.17) is 13.8 Å². The molecule has 5 aromatic carbocycles. The van der Waals surface area contributed by atoms with Crippen molar-refractivity contribution in [2.24, 2.45) is 0 Å². The van der Waals surface area contributed by atoms with Crippen LogP contribution in [0.2, 0.25) is 0 Å². The van der Waals surface area contributed by atoms with Gasteiger partial charge < -0.3 is 8.83 Å². The molecule has 3 heterocycles. The van der Waals surface area contributed by atoms with Gasteiger partial charge in [-0.15, -0.1) is 0 Å². The second-order valence-electron chi connectivity index (χ2n) is 12.5. The second-order valence-corrected chi connectivity index (χ2v) is 12.5. The van der Waals surface area contributed by atoms with Gasteiger partial charge in [0, 0.05) is 10.8 Å². The molecule has 0 aliphatic heterocycles. The second kappa shape index (κ2) is 10.7. The number of imidazole rings is 1. The largest absolute Gasteiger partial charge is 0.464 e. The molecule has 0 N–H and O–H groups in total. The summed E-state index contributed by atoms with van der Waals surface area (Å²) >= 11 is 0. The van der Waals surface area contributed by atoms with Gasteiger partial charge in [-0.25, -0.2) is 4.98 Å². The maximum Gasteiger partial charge on any atom is 0.149 e. The molecule has 220 valence electrons. The van der Waals surface area contributed by atoms with Crippen LogP contribution in [0.3, 0.4) is 0 Å². The molecule has 0 fully saturated rings. The molecule has 8 aromatic rings. The summed E-state index contributed by atoms with van der Waals surface area (Å²) in [5, 5.41) is 2.12. The van der Waals surface area contributed by atoms with E-state index < -0.39 is 0 Å². The molecule has 45 heavy (non-hydrogen) atoms. The number of benzene rings is 5. The fourth-order valence-electron chi connectivity index (χ4n) is 6.58. The highest BCUT2D eigenvalue weighted by Gasteiger charge is 2.25. The quantitative estimate of drug-likeness (QED) is 0.195. The molecular formula is C41H34N2O2. The molecule has 0 saturated carbocycles. The van der Waals surface area contributed by atoms with Crippen LogP contribution < -0.4 is 0 Å². The Morgan fingerprint density at radius 3 is 2.04 bits per heavy atom. The molecule has 4 nitrogen and oxygen atoms in total. The molecule has 0 unspecified atom stereocenters. The van der Waals surface area contributed by atoms with Crippen molar-refractivity contribution >= 4 is 33.0 Å². The van der Waals surface area contributed by atoms with Gasteiger partial charge in [0.15, 0.2) is 0 Å². The van der Waals surface area contributed by atoms with Crippen LogP contribution in [0.15, 0.2) is 131 Å². The zero-order chi connectivity index (χ0) is 30.7. The summed E-state index contributed by atoms with van der Waals surface area (Å²) in [6, 6.07) is 38.6. The van der Waals surface area contributed by atoms with Crippen LogP contribution in [0, 0.1) is 0 Å². The van der Waals surface area contributed by atoms with Gasteiger partial charge in [-0.1, -0.05) is 82.3 Å². The lowest BCUT2D eigenvalue weighted by atomic mass is 9.88. The molecule has 0 amide bonds. The smallest absolute Gasteiger partial charge is 0.149 e. The summed E-state index contributed by atoms with van der Waals surface area (Å²) in [7, 11) is 0. The topological polar surface area (TPSA) is 44.1 Å². The third-order valence-corrected chi connectivity index (χ3v) is 8.90. The number of hydrogen-bond acceptors (Lipinski definition) is 3. The van der Waals surface area contributed by atoms with Crippen LogP contribution in [-0.2, 0) is 0 Å². The minimum Gasteiger partial charge on any atom is -0.464 e. The molecule has 0 bridgehead atoms. The van der Waals surface area contributed by atoms with Gasteiger partial charge in [-0.05, 0) is 99.8 Å². The van der Waals surface area contributed by atoms with Crippen LogP contribution in [0.4, 0.5) is 0 Å². The molecule has 4 heteroatoms. The predicted octanol–water partition coefficient (Wildman–Crippen LogP) is 11.8. The Balaban J connectivity index is 1.39. The number of hydrogen-bond donors (Lipinski definition) is 0. The maximum absolute atomic E-state index is 6.20. The zero-order valence-corrected chi connectivity index (χ0v) is 25.9. The van der Waals surface area contributed by atoms with Crippen molar-refractivity contribution in [3.05, 3.63) is 133 Å². The van der Waals surface area contributed by atoms with Crippen molar-refractivity contribution in [2.45, 2.75) is 39.5 Å². The Kier molecular flexibility index (Phi) is 6.45. The van der Waals surface area contributed by atoms with Gasteiger partial charge in [0.1, 0.15) is 23.3 Å². The van der Waals surface area contributed by atoms with E-state index in [2.05, 4.69) is 129 Å². The predicted molar refractivity (Wildman–Crippen MR) is 185 cm³/mol. The van der Waals surface area contributed by atoms with Crippen molar-refractivity contribution in [1.82, 2.24) is 9.55 Å². The SMILES string of the molecule is CC(C)c1cc(-c2ccccc2)cc(C(C)C)c1-n1c(-c2coc3ccc(-c4ccc5occc5c4)cc23)nc2ccccc21. The van der Waals surface area contributed by atoms with Crippen molar-refractivity contribution in [2.75, 3.05) is 0 Å². The van der Waals surface area contributed by atoms with E-state index in [1.165, 1.54) is 27.9 Å². The minimum absolute atomic E-state index is 0.292. The van der Waals surface area contributed by atoms with Gasteiger partial charge in [-0.3, -0.25) is 4.57 Å². The molecule has 8 rings (SSSR count). The molecule has 0 saturated heterocycles. The standard InChI is InChI=1S/C41H34N2O2/c1-25(2)32-22-31(27-10-6-5-7-11-27)23-33(26(3)4)40(32)43-37-13-9-8-12-36(37)42-41(43)35-24-45-39-17-15-29(21-34(35)39)28-14-16-38-30(20-28)18-19-44-38/h5-26H,1-4H3. The Morgan fingerprint density at radius 1 is 0.600 bits per heavy atom. The van der Waals surface area contributed by atoms with E-state index in [0.29, 0.717) is 11.8 Å². The average Bonchev–Trinajstić information content (AvgIpc) is 3.80. The van der Waals surface area contributed by atoms with E-state index in [1.807, 2.05) is 18.4 Å². The van der Waals surface area contributed by atoms with Crippen molar-refractivity contribution in [3.8, 4) is 39.3 Å². The first-order valence-electron chi connectivity index (χ1n) is 15.7. The maximum atomic E-state index is 6.20. The molecule has 0 spiro atoms. The first-order valence-corrected chi connectivity index (χ1v) is 15.7. The average molecular weight is 587 g/mol. The van der Waals surface area contributed by atoms with E-state index in [0.717, 1.165) is 55.5 Å². The van der Waals surface area contributed by atoms with E-state index >= 15 is 0 Å². The Morgan fingerprint density at radius 2 is 1.29 bits per heavy atom. The number of furan rings is 2. The Hall–Kier alpha value is -5.35. The summed E-state index contributed by atoms with van der Waals surface area (Å²) in [4.78, 5) is 5.29. The fraction of sp³-hybridized carbons (Fsp3) is 0.146. The summed E-state index contributed by atoms with van der Waals surface area (Å²) in [5.74, 6) is 1.47. The first kappa shape index (κ1) is 27.2. The molecule has 3 aromatic heterocycles. The van der Waals surface area contributed by atoms with Gasteiger partial charge in [0.05, 0.1) is 28.5 Å². The summed E-state index contributed by atoms with van der Waals surface area (Å²) < 4.78 is 14.2. The number of aromatic nitrogens is 2. The summed E-state index contributed by atoms with van der Waals surface area (Å²) in [5.41, 5.74) is 13.3. The van der Waals surface area contributed by atoms with E-state index in [9.17, 15) is 0 Å². The number of para-hydroxylation sites is 2. The highest BCUT2D eigenvalue weighted by molar-refractivity contribution is 5.98. The monoisotopic (exact) mass is 586 g/mol. The highest BCUT2D eigenvalue weighted by atomic mass is 16.3. The normalized spacial score (nSPS) is 12.0. The molecule has 0 aliphatic carbocycles. The number of nitrogens with zero attached hydrogens (tertiary/aromatic N) is 2. The first-order chi connectivity index (χ1) is 22.0. The van der Waals surface area contributed by atoms with Crippen LogP contribution in [0.5, 0.6) is 0 Å². The third-order valence-electron chi connectivity index (χ3n) is 8.90. The van der Waals surface area contributed by atoms with E-state index in [1.54, 1.807) is 6.26 Å². The lowest BCUT2D eigenvalue weighted by Crippen LogP contribution is -2.09. The zero-order valence-electron chi connectivity index (χ0n) is 25.9. The lowest BCUT2D eigenvalue weighted by Gasteiger charge is -2.24. The number of rotatable bonds is 6. The van der Waals surface area contributed by atoms with Crippen LogP contribution >= 0.6 is 0 Å². The number of fused-ring (bicyclic) bond motifs is 3. The van der Waals surface area contributed by atoms with Gasteiger partial charge in [0.2, 0.25) is 0 Å². The van der Waals surface area contributed by atoms with Crippen LogP contribution in [-0.4, -0.2) is 9.55 Å². The van der Waals surface area contributed by atoms with Crippen molar-refractivity contribution < 1.29 is 8.83 Å². The molecule has 0 atom stereocenters. The van der Waals surface area contributed by atoms with Gasteiger partial charge in [0.25, 0.3) is 0 Å². The molecule has 0 radical (unpaired) electrons. The Bertz CT molecular complexity index is 2300. The van der Waals surface area contributed by atoms with Gasteiger partial charge >= 0.3 is 0 Å². The highest BCUT2D eigenvalue weighted by Crippen LogP contribution is 2.42. The fourth-order valence-corrected chi connectivity index (χ4v) is 6.58. The summed E-state index contributed by atoms with van der Waals surface area (Å²) in [6.45, 7) is 9.14. The van der Waals surface area contributed by atoms with Crippen molar-refractivity contribution in [1.29, 1.82) is 0 Å². The third kappa shape index (κ3) is 4.56. The molecule has 0 aliphatic rings. The van der Waals surface area contributed by atoms with Gasteiger partial charge in [-0.2, -0.15) is 0 Å². The van der Waals surface area contributed by atoms with E-state index in [-0.39, 0.29) is 0 Å². The minimum atomic E-state index is 0.292. The van der Waals surface area contributed by atoms with Crippen molar-refractivity contribution in [3.63, 3.8) is 0 Å². The van der Waals surface area contributed by atoms with Crippen LogP contribution in [0.25, 0.3) is 72.3 Å².